The molecule has 0 unspecified atom stereocenters. The van der Waals surface area contributed by atoms with Crippen molar-refractivity contribution in [2.45, 2.75) is 33.2 Å². The maximum absolute atomic E-state index is 10.6. The van der Waals surface area contributed by atoms with Crippen LogP contribution in [0.5, 0.6) is 5.75 Å². The molecule has 122 valence electrons. The Labute approximate surface area is 132 Å². The number of nitrogens with two attached hydrogens (primary N) is 1. The predicted octanol–water partition coefficient (Wildman–Crippen LogP) is 1.06. The summed E-state index contributed by atoms with van der Waals surface area (Å²) >= 11 is 0. The number of carbonyl (C=O) groups excluding carboxylic acids is 1. The average Bonchev–Trinajstić information content (AvgIpc) is 2.46. The normalized spacial score (nSPS) is 11.4. The van der Waals surface area contributed by atoms with Gasteiger partial charge < -0.3 is 21.1 Å². The summed E-state index contributed by atoms with van der Waals surface area (Å²) in [6, 6.07) is 7.95. The zero-order chi connectivity index (χ0) is 16.4. The molecule has 6 nitrogen and oxygen atoms in total. The number of guanidine groups is 1. The molecule has 0 radical (unpaired) electrons. The molecule has 0 heterocycles. The molecule has 0 bridgehead atoms. The molecule has 0 saturated heterocycles. The Morgan fingerprint density at radius 3 is 2.55 bits per heavy atom. The van der Waals surface area contributed by atoms with Crippen molar-refractivity contribution in [3.63, 3.8) is 0 Å². The first-order chi connectivity index (χ1) is 10.5. The summed E-state index contributed by atoms with van der Waals surface area (Å²) in [6.07, 6.45) is 0.838. The minimum Gasteiger partial charge on any atom is -0.484 e. The van der Waals surface area contributed by atoms with E-state index in [2.05, 4.69) is 29.5 Å². The van der Waals surface area contributed by atoms with E-state index in [1.165, 1.54) is 0 Å². The fourth-order valence-corrected chi connectivity index (χ4v) is 1.80. The second-order valence-corrected chi connectivity index (χ2v) is 5.21. The highest BCUT2D eigenvalue weighted by atomic mass is 16.5. The van der Waals surface area contributed by atoms with Crippen molar-refractivity contribution in [1.82, 2.24) is 10.6 Å². The quantitative estimate of drug-likeness (QED) is 0.495. The van der Waals surface area contributed by atoms with Crippen LogP contribution in [-0.2, 0) is 11.2 Å². The zero-order valence-electron chi connectivity index (χ0n) is 13.6. The summed E-state index contributed by atoms with van der Waals surface area (Å²) in [5.41, 5.74) is 6.20. The van der Waals surface area contributed by atoms with E-state index in [1.807, 2.05) is 31.2 Å². The average molecular weight is 306 g/mol. The molecule has 1 aromatic rings. The predicted molar refractivity (Wildman–Crippen MR) is 89.1 cm³/mol. The molecule has 0 fully saturated rings. The van der Waals surface area contributed by atoms with Crippen LogP contribution in [0.15, 0.2) is 29.3 Å². The number of nitrogens with one attached hydrogen (secondary N) is 2. The Hall–Kier alpha value is -2.24. The first-order valence-electron chi connectivity index (χ1n) is 7.56. The molecule has 0 spiro atoms. The van der Waals surface area contributed by atoms with E-state index >= 15 is 0 Å². The van der Waals surface area contributed by atoms with Crippen molar-refractivity contribution in [3.05, 3.63) is 29.8 Å². The molecule has 0 saturated carbocycles. The number of hydrogen-bond donors (Lipinski definition) is 3. The SMILES string of the molecule is CCNC(=NCCc1ccc(OCC(N)=O)cc1)NC(C)C. The molecule has 22 heavy (non-hydrogen) atoms. The van der Waals surface area contributed by atoms with Gasteiger partial charge in [-0.25, -0.2) is 0 Å². The van der Waals surface area contributed by atoms with E-state index < -0.39 is 5.91 Å². The lowest BCUT2D eigenvalue weighted by Crippen LogP contribution is -2.41. The smallest absolute Gasteiger partial charge is 0.255 e. The number of carbonyl (C=O) groups is 1. The van der Waals surface area contributed by atoms with Crippen LogP contribution in [0.25, 0.3) is 0 Å². The molecule has 0 aliphatic carbocycles. The first-order valence-corrected chi connectivity index (χ1v) is 7.56. The summed E-state index contributed by atoms with van der Waals surface area (Å²) in [6.45, 7) is 7.64. The lowest BCUT2D eigenvalue weighted by molar-refractivity contribution is -0.119. The fraction of sp³-hybridized carbons (Fsp3) is 0.500. The summed E-state index contributed by atoms with van der Waals surface area (Å²) in [5.74, 6) is 0.992. The van der Waals surface area contributed by atoms with Gasteiger partial charge in [-0.3, -0.25) is 9.79 Å². The number of primary amides is 1. The van der Waals surface area contributed by atoms with Gasteiger partial charge in [0.25, 0.3) is 5.91 Å². The Bertz CT molecular complexity index is 483. The third-order valence-electron chi connectivity index (χ3n) is 2.74. The fourth-order valence-electron chi connectivity index (χ4n) is 1.80. The van der Waals surface area contributed by atoms with Gasteiger partial charge in [0.2, 0.25) is 0 Å². The lowest BCUT2D eigenvalue weighted by atomic mass is 10.1. The maximum atomic E-state index is 10.6. The second-order valence-electron chi connectivity index (χ2n) is 5.21. The van der Waals surface area contributed by atoms with Crippen LogP contribution < -0.4 is 21.1 Å². The summed E-state index contributed by atoms with van der Waals surface area (Å²) in [7, 11) is 0. The van der Waals surface area contributed by atoms with E-state index in [4.69, 9.17) is 10.5 Å². The van der Waals surface area contributed by atoms with Crippen LogP contribution in [0.1, 0.15) is 26.3 Å². The highest BCUT2D eigenvalue weighted by molar-refractivity contribution is 5.80. The van der Waals surface area contributed by atoms with Crippen molar-refractivity contribution in [1.29, 1.82) is 0 Å². The Morgan fingerprint density at radius 1 is 1.32 bits per heavy atom. The highest BCUT2D eigenvalue weighted by Gasteiger charge is 2.00. The van der Waals surface area contributed by atoms with Crippen molar-refractivity contribution >= 4 is 11.9 Å². The molecule has 1 aromatic carbocycles. The number of aliphatic imine (C=N–C) groups is 1. The molecule has 4 N–H and O–H groups in total. The van der Waals surface area contributed by atoms with Gasteiger partial charge in [0, 0.05) is 19.1 Å². The van der Waals surface area contributed by atoms with Crippen LogP contribution in [0.3, 0.4) is 0 Å². The van der Waals surface area contributed by atoms with Crippen LogP contribution in [-0.4, -0.2) is 37.6 Å². The summed E-state index contributed by atoms with van der Waals surface area (Å²) < 4.78 is 5.22. The van der Waals surface area contributed by atoms with Gasteiger partial charge in [0.1, 0.15) is 5.75 Å². The highest BCUT2D eigenvalue weighted by Crippen LogP contribution is 2.12. The number of hydrogen-bond acceptors (Lipinski definition) is 3. The van der Waals surface area contributed by atoms with Gasteiger partial charge in [-0.1, -0.05) is 12.1 Å². The topological polar surface area (TPSA) is 88.7 Å². The molecule has 0 aliphatic heterocycles. The number of nitrogens with zero attached hydrogens (tertiary/aromatic N) is 1. The largest absolute Gasteiger partial charge is 0.484 e. The molecule has 1 rings (SSSR count). The van der Waals surface area contributed by atoms with E-state index in [0.29, 0.717) is 18.3 Å². The number of ether oxygens (including phenoxy) is 1. The molecule has 0 atom stereocenters. The van der Waals surface area contributed by atoms with Gasteiger partial charge in [-0.15, -0.1) is 0 Å². The molecule has 0 aliphatic rings. The third-order valence-corrected chi connectivity index (χ3v) is 2.74. The maximum Gasteiger partial charge on any atom is 0.255 e. The van der Waals surface area contributed by atoms with Gasteiger partial charge >= 0.3 is 0 Å². The molecule has 0 aromatic heterocycles. The van der Waals surface area contributed by atoms with E-state index in [0.717, 1.165) is 24.5 Å². The molecular weight excluding hydrogens is 280 g/mol. The zero-order valence-corrected chi connectivity index (χ0v) is 13.6. The van der Waals surface area contributed by atoms with Crippen molar-refractivity contribution in [2.75, 3.05) is 19.7 Å². The van der Waals surface area contributed by atoms with Crippen LogP contribution >= 0.6 is 0 Å². The van der Waals surface area contributed by atoms with Gasteiger partial charge in [0.05, 0.1) is 0 Å². The van der Waals surface area contributed by atoms with Gasteiger partial charge in [-0.05, 0) is 44.9 Å². The number of amides is 1. The van der Waals surface area contributed by atoms with Crippen molar-refractivity contribution < 1.29 is 9.53 Å². The van der Waals surface area contributed by atoms with Crippen LogP contribution in [0.4, 0.5) is 0 Å². The monoisotopic (exact) mass is 306 g/mol. The number of benzene rings is 1. The second kappa shape index (κ2) is 9.65. The Morgan fingerprint density at radius 2 is 2.00 bits per heavy atom. The third kappa shape index (κ3) is 7.52. The van der Waals surface area contributed by atoms with Crippen molar-refractivity contribution in [3.8, 4) is 5.75 Å². The minimum absolute atomic E-state index is 0.101. The van der Waals surface area contributed by atoms with Crippen LogP contribution in [0, 0.1) is 0 Å². The standard InChI is InChI=1S/C16H26N4O2/c1-4-18-16(20-12(2)3)19-10-9-13-5-7-14(8-6-13)22-11-15(17)21/h5-8,12H,4,9-11H2,1-3H3,(H2,17,21)(H2,18,19,20). The summed E-state index contributed by atoms with van der Waals surface area (Å²) in [4.78, 5) is 15.2. The van der Waals surface area contributed by atoms with Gasteiger partial charge in [0.15, 0.2) is 12.6 Å². The Kier molecular flexibility index (Phi) is 7.81. The van der Waals surface area contributed by atoms with E-state index in [-0.39, 0.29) is 6.61 Å². The van der Waals surface area contributed by atoms with Crippen LogP contribution in [0.2, 0.25) is 0 Å². The Balaban J connectivity index is 2.47. The van der Waals surface area contributed by atoms with E-state index in [1.54, 1.807) is 0 Å². The number of rotatable bonds is 8. The van der Waals surface area contributed by atoms with Crippen molar-refractivity contribution in [2.24, 2.45) is 10.7 Å². The molecular formula is C16H26N4O2. The first kappa shape index (κ1) is 17.8. The minimum atomic E-state index is -0.480. The molecule has 6 heteroatoms. The lowest BCUT2D eigenvalue weighted by Gasteiger charge is -2.13. The van der Waals surface area contributed by atoms with Gasteiger partial charge in [-0.2, -0.15) is 0 Å². The summed E-state index contributed by atoms with van der Waals surface area (Å²) in [5, 5.41) is 6.49. The van der Waals surface area contributed by atoms with E-state index in [9.17, 15) is 4.79 Å². The molecule has 1 amide bonds.